The fraction of sp³-hybridized carbons (Fsp3) is 0.0455. The Morgan fingerprint density at radius 3 is 2.56 bits per heavy atom. The molecular formula is C22H14ClN3O. The van der Waals surface area contributed by atoms with Crippen LogP contribution < -0.4 is 4.90 Å². The number of rotatable bonds is 2. The lowest BCUT2D eigenvalue weighted by Gasteiger charge is -2.19. The molecule has 0 N–H and O–H groups in total. The van der Waals surface area contributed by atoms with Gasteiger partial charge in [0.2, 0.25) is 0 Å². The number of carbonyl (C=O) groups is 1. The molecule has 0 aliphatic carbocycles. The summed E-state index contributed by atoms with van der Waals surface area (Å²) in [5, 5.41) is 9.51. The summed E-state index contributed by atoms with van der Waals surface area (Å²) in [6.45, 7) is 0.615. The van der Waals surface area contributed by atoms with Crippen LogP contribution in [0.5, 0.6) is 0 Å². The van der Waals surface area contributed by atoms with Crippen LogP contribution in [-0.4, -0.2) is 11.7 Å². The Labute approximate surface area is 162 Å². The van der Waals surface area contributed by atoms with E-state index in [0.29, 0.717) is 28.5 Å². The molecule has 1 aliphatic rings. The van der Waals surface area contributed by atoms with Crippen LogP contribution in [0.1, 0.15) is 27.0 Å². The third-order valence-corrected chi connectivity index (χ3v) is 4.66. The van der Waals surface area contributed by atoms with Crippen LogP contribution >= 0.6 is 11.6 Å². The minimum absolute atomic E-state index is 0.345. The first-order chi connectivity index (χ1) is 13.2. The first-order valence-electron chi connectivity index (χ1n) is 8.40. The fourth-order valence-corrected chi connectivity index (χ4v) is 3.29. The average molecular weight is 372 g/mol. The molecule has 1 aliphatic heterocycles. The first-order valence-corrected chi connectivity index (χ1v) is 8.78. The monoisotopic (exact) mass is 371 g/mol. The Kier molecular flexibility index (Phi) is 4.45. The van der Waals surface area contributed by atoms with Gasteiger partial charge >= 0.3 is 0 Å². The molecule has 0 saturated carbocycles. The van der Waals surface area contributed by atoms with Gasteiger partial charge in [-0.3, -0.25) is 4.79 Å². The number of anilines is 1. The molecule has 27 heavy (non-hydrogen) atoms. The highest BCUT2D eigenvalue weighted by atomic mass is 35.5. The predicted octanol–water partition coefficient (Wildman–Crippen LogP) is 4.82. The second-order valence-corrected chi connectivity index (χ2v) is 6.59. The van der Waals surface area contributed by atoms with Gasteiger partial charge in [0.05, 0.1) is 18.2 Å². The number of nitrogens with zero attached hydrogens (tertiary/aromatic N) is 3. The summed E-state index contributed by atoms with van der Waals surface area (Å²) in [7, 11) is 0. The van der Waals surface area contributed by atoms with Crippen molar-refractivity contribution in [3.05, 3.63) is 100 Å². The van der Waals surface area contributed by atoms with Crippen LogP contribution in [0.2, 0.25) is 5.02 Å². The zero-order valence-corrected chi connectivity index (χ0v) is 15.0. The van der Waals surface area contributed by atoms with Crippen LogP contribution in [0.25, 0.3) is 0 Å². The van der Waals surface area contributed by atoms with Crippen molar-refractivity contribution in [3.8, 4) is 6.07 Å². The highest BCUT2D eigenvalue weighted by Gasteiger charge is 2.27. The Morgan fingerprint density at radius 2 is 1.81 bits per heavy atom. The maximum absolute atomic E-state index is 12.7. The molecule has 130 valence electrons. The Balaban J connectivity index is 1.77. The smallest absolute Gasteiger partial charge is 0.279 e. The van der Waals surface area contributed by atoms with E-state index in [4.69, 9.17) is 16.9 Å². The Bertz CT molecular complexity index is 1100. The second-order valence-electron chi connectivity index (χ2n) is 6.15. The van der Waals surface area contributed by atoms with E-state index >= 15 is 0 Å². The van der Waals surface area contributed by atoms with E-state index in [1.165, 1.54) is 0 Å². The number of hydrogen-bond donors (Lipinski definition) is 0. The fourth-order valence-electron chi connectivity index (χ4n) is 3.10. The lowest BCUT2D eigenvalue weighted by molar-refractivity contribution is 0.100. The number of hydrogen-bond acceptors (Lipinski definition) is 2. The summed E-state index contributed by atoms with van der Waals surface area (Å²) in [5.74, 6) is 0.253. The number of amides is 1. The SMILES string of the molecule is N#Cc1ccc(N2Cc3ccccc3C2=NC(=O)c2cccc(Cl)c2)cc1. The van der Waals surface area contributed by atoms with Crippen LogP contribution in [-0.2, 0) is 6.54 Å². The van der Waals surface area contributed by atoms with E-state index < -0.39 is 0 Å². The van der Waals surface area contributed by atoms with Gasteiger partial charge in [-0.2, -0.15) is 10.3 Å². The Morgan fingerprint density at radius 1 is 1.04 bits per heavy atom. The Hall–Kier alpha value is -3.42. The first kappa shape index (κ1) is 17.0. The summed E-state index contributed by atoms with van der Waals surface area (Å²) in [6.07, 6.45) is 0. The van der Waals surface area contributed by atoms with E-state index in [2.05, 4.69) is 11.1 Å². The third kappa shape index (κ3) is 3.33. The number of halogens is 1. The number of aliphatic imine (C=N–C) groups is 1. The minimum Gasteiger partial charge on any atom is -0.321 e. The maximum atomic E-state index is 12.7. The van der Waals surface area contributed by atoms with Crippen molar-refractivity contribution in [1.82, 2.24) is 0 Å². The molecule has 0 aromatic heterocycles. The molecule has 4 nitrogen and oxygen atoms in total. The van der Waals surface area contributed by atoms with Crippen LogP contribution in [0.3, 0.4) is 0 Å². The number of amidine groups is 1. The van der Waals surface area contributed by atoms with Crippen molar-refractivity contribution in [1.29, 1.82) is 5.26 Å². The van der Waals surface area contributed by atoms with Gasteiger partial charge in [-0.1, -0.05) is 41.9 Å². The number of nitriles is 1. The second kappa shape index (κ2) is 7.06. The number of benzene rings is 3. The molecule has 0 bridgehead atoms. The van der Waals surface area contributed by atoms with Crippen LogP contribution in [0, 0.1) is 11.3 Å². The van der Waals surface area contributed by atoms with E-state index in [-0.39, 0.29) is 5.91 Å². The highest BCUT2D eigenvalue weighted by Crippen LogP contribution is 2.29. The molecule has 1 heterocycles. The van der Waals surface area contributed by atoms with E-state index in [9.17, 15) is 4.79 Å². The normalized spacial score (nSPS) is 14.1. The van der Waals surface area contributed by atoms with Gasteiger partial charge in [0, 0.05) is 21.8 Å². The van der Waals surface area contributed by atoms with Crippen molar-refractivity contribution in [2.75, 3.05) is 4.90 Å². The van der Waals surface area contributed by atoms with Crippen molar-refractivity contribution in [2.24, 2.45) is 4.99 Å². The lowest BCUT2D eigenvalue weighted by atomic mass is 10.1. The molecule has 4 rings (SSSR count). The van der Waals surface area contributed by atoms with E-state index in [1.807, 2.05) is 41.3 Å². The maximum Gasteiger partial charge on any atom is 0.279 e. The summed E-state index contributed by atoms with van der Waals surface area (Å²) < 4.78 is 0. The van der Waals surface area contributed by atoms with E-state index in [0.717, 1.165) is 16.8 Å². The quantitative estimate of drug-likeness (QED) is 0.649. The standard InChI is InChI=1S/C22H14ClN3O/c23-18-6-3-5-16(12-18)22(27)25-21-20-7-2-1-4-17(20)14-26(21)19-10-8-15(13-24)9-11-19/h1-12H,14H2. The van der Waals surface area contributed by atoms with Gasteiger partial charge in [0.1, 0.15) is 5.84 Å². The van der Waals surface area contributed by atoms with Crippen molar-refractivity contribution in [2.45, 2.75) is 6.54 Å². The molecule has 0 saturated heterocycles. The van der Waals surface area contributed by atoms with Crippen molar-refractivity contribution in [3.63, 3.8) is 0 Å². The molecule has 0 fully saturated rings. The summed E-state index contributed by atoms with van der Waals surface area (Å²) in [6, 6.07) is 24.0. The van der Waals surface area contributed by atoms with Gasteiger partial charge in [-0.05, 0) is 48.0 Å². The van der Waals surface area contributed by atoms with Crippen LogP contribution in [0.4, 0.5) is 5.69 Å². The minimum atomic E-state index is -0.345. The molecule has 0 atom stereocenters. The topological polar surface area (TPSA) is 56.5 Å². The third-order valence-electron chi connectivity index (χ3n) is 4.43. The molecular weight excluding hydrogens is 358 g/mol. The zero-order chi connectivity index (χ0) is 18.8. The molecule has 3 aromatic rings. The number of fused-ring (bicyclic) bond motifs is 1. The summed E-state index contributed by atoms with van der Waals surface area (Å²) in [5.41, 5.74) is 3.93. The summed E-state index contributed by atoms with van der Waals surface area (Å²) in [4.78, 5) is 19.1. The van der Waals surface area contributed by atoms with Gasteiger partial charge in [0.15, 0.2) is 0 Å². The highest BCUT2D eigenvalue weighted by molar-refractivity contribution is 6.31. The van der Waals surface area contributed by atoms with Gasteiger partial charge in [-0.15, -0.1) is 0 Å². The molecule has 0 radical (unpaired) electrons. The van der Waals surface area contributed by atoms with Gasteiger partial charge in [-0.25, -0.2) is 0 Å². The predicted molar refractivity (Wildman–Crippen MR) is 106 cm³/mol. The van der Waals surface area contributed by atoms with Gasteiger partial charge in [0.25, 0.3) is 5.91 Å². The molecule has 1 amide bonds. The molecule has 0 spiro atoms. The average Bonchev–Trinajstić information content (AvgIpc) is 3.06. The number of carbonyl (C=O) groups excluding carboxylic acids is 1. The van der Waals surface area contributed by atoms with Gasteiger partial charge < -0.3 is 4.90 Å². The largest absolute Gasteiger partial charge is 0.321 e. The molecule has 0 unspecified atom stereocenters. The summed E-state index contributed by atoms with van der Waals surface area (Å²) >= 11 is 6.00. The zero-order valence-electron chi connectivity index (χ0n) is 14.3. The lowest BCUT2D eigenvalue weighted by Crippen LogP contribution is -2.25. The van der Waals surface area contributed by atoms with E-state index in [1.54, 1.807) is 36.4 Å². The molecule has 5 heteroatoms. The van der Waals surface area contributed by atoms with Crippen molar-refractivity contribution >= 4 is 29.0 Å². The molecule has 3 aromatic carbocycles. The van der Waals surface area contributed by atoms with Crippen LogP contribution in [0.15, 0.2) is 77.8 Å². The van der Waals surface area contributed by atoms with Crippen molar-refractivity contribution < 1.29 is 4.79 Å².